The Morgan fingerprint density at radius 3 is 2.70 bits per heavy atom. The second-order valence-corrected chi connectivity index (χ2v) is 5.56. The number of benzene rings is 1. The fourth-order valence-corrected chi connectivity index (χ4v) is 2.27. The highest BCUT2D eigenvalue weighted by Crippen LogP contribution is 2.13. The van der Waals surface area contributed by atoms with Gasteiger partial charge in [-0.05, 0) is 30.5 Å². The summed E-state index contributed by atoms with van der Waals surface area (Å²) in [4.78, 5) is 25.1. The number of amides is 2. The van der Waals surface area contributed by atoms with Crippen LogP contribution >= 0.6 is 0 Å². The summed E-state index contributed by atoms with van der Waals surface area (Å²) in [5, 5.41) is 2.87. The molecule has 0 spiro atoms. The molecule has 1 aromatic rings. The number of unbranched alkanes of at least 4 members (excludes halogenated alkanes) is 1. The molecule has 1 rings (SSSR count). The molecule has 0 saturated heterocycles. The van der Waals surface area contributed by atoms with Crippen molar-refractivity contribution in [2.45, 2.75) is 39.5 Å². The molecule has 5 nitrogen and oxygen atoms in total. The molecule has 0 fully saturated rings. The molecule has 0 aliphatic carbocycles. The van der Waals surface area contributed by atoms with Crippen LogP contribution < -0.4 is 10.1 Å². The maximum Gasteiger partial charge on any atom is 0.220 e. The van der Waals surface area contributed by atoms with Gasteiger partial charge in [-0.15, -0.1) is 0 Å². The van der Waals surface area contributed by atoms with Crippen LogP contribution in [0.5, 0.6) is 5.75 Å². The van der Waals surface area contributed by atoms with E-state index in [0.29, 0.717) is 26.1 Å². The summed E-state index contributed by atoms with van der Waals surface area (Å²) in [6.45, 7) is 5.29. The van der Waals surface area contributed by atoms with Crippen molar-refractivity contribution >= 4 is 11.8 Å². The lowest BCUT2D eigenvalue weighted by Crippen LogP contribution is -2.38. The number of carbonyl (C=O) groups is 2. The van der Waals surface area contributed by atoms with E-state index in [4.69, 9.17) is 4.74 Å². The molecule has 1 N–H and O–H groups in total. The third kappa shape index (κ3) is 7.68. The molecule has 0 unspecified atom stereocenters. The van der Waals surface area contributed by atoms with Gasteiger partial charge in [0.05, 0.1) is 7.11 Å². The summed E-state index contributed by atoms with van der Waals surface area (Å²) in [6.07, 6.45) is 3.23. The molecule has 0 saturated carbocycles. The second-order valence-electron chi connectivity index (χ2n) is 5.56. The molecule has 23 heavy (non-hydrogen) atoms. The minimum atomic E-state index is 0.0238. The van der Waals surface area contributed by atoms with Crippen LogP contribution in [0.3, 0.4) is 0 Å². The maximum atomic E-state index is 11.7. The summed E-state index contributed by atoms with van der Waals surface area (Å²) in [7, 11) is 1.64. The molecular formula is C18H28N2O3. The van der Waals surface area contributed by atoms with Gasteiger partial charge in [0.15, 0.2) is 0 Å². The number of methoxy groups -OCH3 is 1. The summed E-state index contributed by atoms with van der Waals surface area (Å²) in [6, 6.07) is 7.84. The first-order chi connectivity index (χ1) is 11.1. The van der Waals surface area contributed by atoms with Crippen LogP contribution in [-0.4, -0.2) is 43.5 Å². The molecule has 0 heterocycles. The van der Waals surface area contributed by atoms with Crippen LogP contribution in [0, 0.1) is 0 Å². The number of rotatable bonds is 10. The Kier molecular flexibility index (Phi) is 8.80. The summed E-state index contributed by atoms with van der Waals surface area (Å²) < 4.78 is 5.20. The molecule has 0 radical (unpaired) electrons. The van der Waals surface area contributed by atoms with E-state index in [-0.39, 0.29) is 11.8 Å². The quantitative estimate of drug-likeness (QED) is 0.720. The first kappa shape index (κ1) is 19.0. The van der Waals surface area contributed by atoms with Gasteiger partial charge >= 0.3 is 0 Å². The molecule has 5 heteroatoms. The zero-order valence-electron chi connectivity index (χ0n) is 14.4. The van der Waals surface area contributed by atoms with Crippen LogP contribution in [-0.2, 0) is 16.0 Å². The monoisotopic (exact) mass is 320 g/mol. The van der Waals surface area contributed by atoms with Crippen LogP contribution in [0.15, 0.2) is 24.3 Å². The summed E-state index contributed by atoms with van der Waals surface area (Å²) in [5.74, 6) is 0.902. The van der Waals surface area contributed by atoms with E-state index in [0.717, 1.165) is 30.6 Å². The highest BCUT2D eigenvalue weighted by atomic mass is 16.5. The lowest BCUT2D eigenvalue weighted by Gasteiger charge is -2.21. The molecule has 0 bridgehead atoms. The summed E-state index contributed by atoms with van der Waals surface area (Å²) >= 11 is 0. The van der Waals surface area contributed by atoms with Gasteiger partial charge in [0.2, 0.25) is 11.8 Å². The Morgan fingerprint density at radius 2 is 2.04 bits per heavy atom. The number of ether oxygens (including phenoxy) is 1. The van der Waals surface area contributed by atoms with Crippen LogP contribution in [0.1, 0.15) is 38.7 Å². The predicted molar refractivity (Wildman–Crippen MR) is 91.5 cm³/mol. The highest BCUT2D eigenvalue weighted by molar-refractivity contribution is 5.76. The third-order valence-corrected chi connectivity index (χ3v) is 3.71. The van der Waals surface area contributed by atoms with E-state index in [1.54, 1.807) is 18.9 Å². The van der Waals surface area contributed by atoms with Gasteiger partial charge < -0.3 is 15.0 Å². The molecule has 128 valence electrons. The van der Waals surface area contributed by atoms with E-state index >= 15 is 0 Å². The Balaban J connectivity index is 2.40. The van der Waals surface area contributed by atoms with E-state index in [9.17, 15) is 9.59 Å². The van der Waals surface area contributed by atoms with Crippen LogP contribution in [0.25, 0.3) is 0 Å². The average Bonchev–Trinajstić information content (AvgIpc) is 2.55. The van der Waals surface area contributed by atoms with Gasteiger partial charge in [0.25, 0.3) is 0 Å². The third-order valence-electron chi connectivity index (χ3n) is 3.71. The van der Waals surface area contributed by atoms with Gasteiger partial charge in [-0.2, -0.15) is 0 Å². The zero-order valence-corrected chi connectivity index (χ0v) is 14.4. The van der Waals surface area contributed by atoms with Crippen molar-refractivity contribution in [3.63, 3.8) is 0 Å². The molecule has 0 atom stereocenters. The number of nitrogens with one attached hydrogen (secondary N) is 1. The number of hydrogen-bond donors (Lipinski definition) is 1. The minimum Gasteiger partial charge on any atom is -0.497 e. The number of hydrogen-bond acceptors (Lipinski definition) is 3. The Hall–Kier alpha value is -2.04. The fraction of sp³-hybridized carbons (Fsp3) is 0.556. The minimum absolute atomic E-state index is 0.0238. The lowest BCUT2D eigenvalue weighted by atomic mass is 10.1. The number of carbonyl (C=O) groups excluding carboxylic acids is 2. The van der Waals surface area contributed by atoms with Gasteiger partial charge in [-0.1, -0.05) is 25.5 Å². The lowest BCUT2D eigenvalue weighted by molar-refractivity contribution is -0.129. The first-order valence-corrected chi connectivity index (χ1v) is 8.22. The van der Waals surface area contributed by atoms with Crippen molar-refractivity contribution in [2.75, 3.05) is 26.7 Å². The molecule has 0 aromatic heterocycles. The van der Waals surface area contributed by atoms with Gasteiger partial charge in [-0.3, -0.25) is 9.59 Å². The van der Waals surface area contributed by atoms with Crippen molar-refractivity contribution in [3.8, 4) is 5.75 Å². The maximum absolute atomic E-state index is 11.7. The van der Waals surface area contributed by atoms with Crippen molar-refractivity contribution in [3.05, 3.63) is 29.8 Å². The first-order valence-electron chi connectivity index (χ1n) is 8.22. The standard InChI is InChI=1S/C18H28N2O3/c1-4-5-9-18(22)19-11-13-20(15(2)21)12-10-16-7-6-8-17(14-16)23-3/h6-8,14H,4-5,9-13H2,1-3H3,(H,19,22). The normalized spacial score (nSPS) is 10.2. The predicted octanol–water partition coefficient (Wildman–Crippen LogP) is 2.39. The van der Waals surface area contributed by atoms with E-state index < -0.39 is 0 Å². The smallest absolute Gasteiger partial charge is 0.220 e. The van der Waals surface area contributed by atoms with Gasteiger partial charge in [0.1, 0.15) is 5.75 Å². The van der Waals surface area contributed by atoms with Gasteiger partial charge in [0, 0.05) is 33.0 Å². The Labute approximate surface area is 139 Å². The molecule has 0 aliphatic rings. The fourth-order valence-electron chi connectivity index (χ4n) is 2.27. The molecular weight excluding hydrogens is 292 g/mol. The van der Waals surface area contributed by atoms with Gasteiger partial charge in [-0.25, -0.2) is 0 Å². The van der Waals surface area contributed by atoms with Crippen molar-refractivity contribution in [1.82, 2.24) is 10.2 Å². The molecule has 0 aliphatic heterocycles. The molecule has 2 amide bonds. The number of nitrogens with zero attached hydrogens (tertiary/aromatic N) is 1. The van der Waals surface area contributed by atoms with Crippen LogP contribution in [0.2, 0.25) is 0 Å². The summed E-state index contributed by atoms with van der Waals surface area (Å²) in [5.41, 5.74) is 1.13. The van der Waals surface area contributed by atoms with Crippen molar-refractivity contribution in [2.24, 2.45) is 0 Å². The Morgan fingerprint density at radius 1 is 1.26 bits per heavy atom. The molecule has 1 aromatic carbocycles. The van der Waals surface area contributed by atoms with E-state index in [1.165, 1.54) is 0 Å². The second kappa shape index (κ2) is 10.6. The van der Waals surface area contributed by atoms with Crippen molar-refractivity contribution < 1.29 is 14.3 Å². The van der Waals surface area contributed by atoms with Crippen molar-refractivity contribution in [1.29, 1.82) is 0 Å². The van der Waals surface area contributed by atoms with E-state index in [2.05, 4.69) is 12.2 Å². The van der Waals surface area contributed by atoms with Crippen LogP contribution in [0.4, 0.5) is 0 Å². The zero-order chi connectivity index (χ0) is 17.1. The largest absolute Gasteiger partial charge is 0.497 e. The Bertz CT molecular complexity index is 503. The highest BCUT2D eigenvalue weighted by Gasteiger charge is 2.09. The van der Waals surface area contributed by atoms with E-state index in [1.807, 2.05) is 24.3 Å². The average molecular weight is 320 g/mol. The topological polar surface area (TPSA) is 58.6 Å². The SMILES string of the molecule is CCCCC(=O)NCCN(CCc1cccc(OC)c1)C(C)=O.